The fraction of sp³-hybridized carbons (Fsp3) is 0.600. The molecule has 5 N–H and O–H groups in total. The number of aromatic amines is 1. The van der Waals surface area contributed by atoms with Crippen molar-refractivity contribution >= 4 is 37.4 Å². The first-order chi connectivity index (χ1) is 15.7. The van der Waals surface area contributed by atoms with Crippen molar-refractivity contribution in [3.05, 3.63) is 22.3 Å². The Morgan fingerprint density at radius 3 is 2.82 bits per heavy atom. The van der Waals surface area contributed by atoms with Crippen LogP contribution in [0.4, 0.5) is 5.95 Å². The largest absolute Gasteiger partial charge is 0.499 e. The maximum atomic E-state index is 12.3. The molecule has 2 aliphatic rings. The number of anilines is 1. The van der Waals surface area contributed by atoms with Crippen LogP contribution in [-0.2, 0) is 18.6 Å². The lowest BCUT2D eigenvalue weighted by molar-refractivity contribution is -0.147. The van der Waals surface area contributed by atoms with Crippen LogP contribution in [0.3, 0.4) is 0 Å². The van der Waals surface area contributed by atoms with Gasteiger partial charge in [-0.25, -0.2) is 4.98 Å². The maximum Gasteiger partial charge on any atom is 0.499 e. The number of fused-ring (bicyclic) bond motifs is 1. The first-order valence-electron chi connectivity index (χ1n) is 11.0. The molecule has 1 atom stereocenters. The van der Waals surface area contributed by atoms with Crippen LogP contribution in [0.5, 0.6) is 0 Å². The summed E-state index contributed by atoms with van der Waals surface area (Å²) in [5.41, 5.74) is 6.42. The predicted molar refractivity (Wildman–Crippen MR) is 123 cm³/mol. The highest BCUT2D eigenvalue weighted by atomic mass is 31.2. The fourth-order valence-corrected chi connectivity index (χ4v) is 5.38. The Morgan fingerprint density at radius 2 is 2.15 bits per heavy atom. The van der Waals surface area contributed by atoms with Gasteiger partial charge in [-0.2, -0.15) is 18.9 Å². The molecule has 4 rings (SSSR count). The second kappa shape index (κ2) is 9.11. The molecule has 2 aromatic rings. The van der Waals surface area contributed by atoms with Crippen LogP contribution in [-0.4, -0.2) is 56.2 Å². The lowest BCUT2D eigenvalue weighted by atomic mass is 10.1. The van der Waals surface area contributed by atoms with Crippen molar-refractivity contribution in [1.82, 2.24) is 24.6 Å². The summed E-state index contributed by atoms with van der Waals surface area (Å²) in [5, 5.41) is 2.77. The van der Waals surface area contributed by atoms with E-state index in [-0.39, 0.29) is 30.1 Å². The van der Waals surface area contributed by atoms with Crippen molar-refractivity contribution in [2.75, 3.05) is 25.6 Å². The number of imidazole rings is 1. The van der Waals surface area contributed by atoms with E-state index in [1.165, 1.54) is 6.33 Å². The smallest absolute Gasteiger partial charge is 0.464 e. The number of rotatable bonds is 8. The molecular weight excluding hydrogens is 451 g/mol. The number of aromatic nitrogens is 4. The van der Waals surface area contributed by atoms with Gasteiger partial charge in [0.15, 0.2) is 11.2 Å². The van der Waals surface area contributed by atoms with E-state index >= 15 is 0 Å². The number of nitrogens with zero attached hydrogens (tertiary/aromatic N) is 3. The van der Waals surface area contributed by atoms with Crippen molar-refractivity contribution < 1.29 is 23.5 Å². The van der Waals surface area contributed by atoms with E-state index in [9.17, 15) is 14.5 Å². The molecule has 1 saturated carbocycles. The topological polar surface area (TPSA) is 167 Å². The Morgan fingerprint density at radius 1 is 1.45 bits per heavy atom. The standard InChI is InChI=1S/C20H29N6O6P/c1-4-13(5-2)8-30-18(28)12(3)25-33(29)31-9-20(10-32-33)6-14(20)7-26-11-22-15-16(26)23-19(21)24-17(15)27/h7,11-13,25,29H,4-6,8-10H2,1-3H3,(H2-,21,23,24,27)/p+1. The fourth-order valence-electron chi connectivity index (χ4n) is 3.72. The molecule has 0 amide bonds. The molecule has 1 spiro atoms. The second-order valence-electron chi connectivity index (χ2n) is 8.62. The minimum atomic E-state index is -3.40. The monoisotopic (exact) mass is 481 g/mol. The Kier molecular flexibility index (Phi) is 6.56. The van der Waals surface area contributed by atoms with Gasteiger partial charge in [0.25, 0.3) is 5.56 Å². The van der Waals surface area contributed by atoms with Gasteiger partial charge in [0.1, 0.15) is 25.6 Å². The third kappa shape index (κ3) is 4.95. The molecular formula is C20H30N6O6P+. The minimum absolute atomic E-state index is 0.0102. The lowest BCUT2D eigenvalue weighted by Gasteiger charge is -2.27. The van der Waals surface area contributed by atoms with Gasteiger partial charge in [0, 0.05) is 6.20 Å². The number of H-pyrrole nitrogens is 1. The van der Waals surface area contributed by atoms with Crippen LogP contribution in [0.25, 0.3) is 17.4 Å². The molecule has 3 heterocycles. The van der Waals surface area contributed by atoms with Crippen LogP contribution in [0.2, 0.25) is 0 Å². The van der Waals surface area contributed by atoms with E-state index in [4.69, 9.17) is 19.5 Å². The number of hydrogen-bond acceptors (Lipinski definition) is 10. The van der Waals surface area contributed by atoms with Crippen molar-refractivity contribution in [3.63, 3.8) is 0 Å². The minimum Gasteiger partial charge on any atom is -0.464 e. The van der Waals surface area contributed by atoms with E-state index in [1.54, 1.807) is 11.5 Å². The first-order valence-corrected chi connectivity index (χ1v) is 12.5. The molecule has 0 bridgehead atoms. The van der Waals surface area contributed by atoms with E-state index in [0.29, 0.717) is 24.6 Å². The number of hydrogen-bond donors (Lipinski definition) is 4. The zero-order valence-corrected chi connectivity index (χ0v) is 19.8. The molecule has 1 aliphatic carbocycles. The van der Waals surface area contributed by atoms with Crippen molar-refractivity contribution in [2.24, 2.45) is 11.3 Å². The van der Waals surface area contributed by atoms with Crippen LogP contribution >= 0.6 is 8.09 Å². The molecule has 180 valence electrons. The molecule has 33 heavy (non-hydrogen) atoms. The van der Waals surface area contributed by atoms with Crippen molar-refractivity contribution in [1.29, 1.82) is 0 Å². The number of esters is 1. The quantitative estimate of drug-likeness (QED) is 0.321. The Hall–Kier alpha value is -2.37. The normalized spacial score (nSPS) is 26.9. The Balaban J connectivity index is 1.35. The number of nitrogen functional groups attached to an aromatic ring is 1. The summed E-state index contributed by atoms with van der Waals surface area (Å²) in [6, 6.07) is -0.770. The van der Waals surface area contributed by atoms with Crippen LogP contribution in [0.1, 0.15) is 40.0 Å². The summed E-state index contributed by atoms with van der Waals surface area (Å²) >= 11 is 0. The number of nitrogens with one attached hydrogen (secondary N) is 2. The van der Waals surface area contributed by atoms with E-state index in [2.05, 4.69) is 33.9 Å². The molecule has 0 radical (unpaired) electrons. The van der Waals surface area contributed by atoms with Gasteiger partial charge in [0.2, 0.25) is 5.95 Å². The van der Waals surface area contributed by atoms with E-state index in [0.717, 1.165) is 18.4 Å². The van der Waals surface area contributed by atoms with Gasteiger partial charge in [-0.3, -0.25) is 19.1 Å². The van der Waals surface area contributed by atoms with Gasteiger partial charge in [-0.15, -0.1) is 5.09 Å². The maximum absolute atomic E-state index is 12.3. The molecule has 12 nitrogen and oxygen atoms in total. The molecule has 13 heteroatoms. The zero-order chi connectivity index (χ0) is 23.8. The number of ether oxygens (including phenoxy) is 1. The molecule has 1 saturated heterocycles. The summed E-state index contributed by atoms with van der Waals surface area (Å²) in [5.74, 6) is -0.127. The van der Waals surface area contributed by atoms with Crippen molar-refractivity contribution in [3.8, 4) is 0 Å². The number of carbonyl (C=O) groups is 1. The first kappa shape index (κ1) is 23.8. The summed E-state index contributed by atoms with van der Waals surface area (Å²) < 4.78 is 18.3. The third-order valence-electron chi connectivity index (χ3n) is 6.19. The van der Waals surface area contributed by atoms with Crippen LogP contribution in [0, 0.1) is 11.3 Å². The average molecular weight is 481 g/mol. The van der Waals surface area contributed by atoms with E-state index in [1.807, 2.05) is 6.20 Å². The van der Waals surface area contributed by atoms with E-state index < -0.39 is 25.7 Å². The Bertz CT molecular complexity index is 1120. The lowest BCUT2D eigenvalue weighted by Crippen LogP contribution is -2.40. The summed E-state index contributed by atoms with van der Waals surface area (Å²) in [7, 11) is -3.40. The summed E-state index contributed by atoms with van der Waals surface area (Å²) in [6.45, 7) is 6.53. The molecule has 1 aliphatic heterocycles. The highest BCUT2D eigenvalue weighted by molar-refractivity contribution is 7.58. The number of nitrogens with two attached hydrogens (primary N) is 1. The summed E-state index contributed by atoms with van der Waals surface area (Å²) in [4.78, 5) is 45.6. The van der Waals surface area contributed by atoms with Gasteiger partial charge in [-0.1, -0.05) is 26.7 Å². The number of carbonyl (C=O) groups excluding carboxylic acids is 1. The Labute approximate surface area is 191 Å². The third-order valence-corrected chi connectivity index (χ3v) is 7.86. The predicted octanol–water partition coefficient (Wildman–Crippen LogP) is 1.61. The van der Waals surface area contributed by atoms with Crippen molar-refractivity contribution in [2.45, 2.75) is 46.1 Å². The SMILES string of the molecule is CCC(CC)COC(=O)C(C)N[P+]1(O)OCC2(CO1)CC2=Cn1cnc2c(=O)[nH]c(N)nc21. The van der Waals surface area contributed by atoms with Crippen LogP contribution in [0.15, 0.2) is 16.7 Å². The zero-order valence-electron chi connectivity index (χ0n) is 18.9. The van der Waals surface area contributed by atoms with Gasteiger partial charge < -0.3 is 10.5 Å². The van der Waals surface area contributed by atoms with Crippen LogP contribution < -0.4 is 16.4 Å². The summed E-state index contributed by atoms with van der Waals surface area (Å²) in [6.07, 6.45) is 5.87. The van der Waals surface area contributed by atoms with Gasteiger partial charge >= 0.3 is 14.1 Å². The van der Waals surface area contributed by atoms with Gasteiger partial charge in [0.05, 0.1) is 12.0 Å². The molecule has 2 fully saturated rings. The molecule has 2 aromatic heterocycles. The highest BCUT2D eigenvalue weighted by Crippen LogP contribution is 2.65. The molecule has 0 aromatic carbocycles. The van der Waals surface area contributed by atoms with Gasteiger partial charge in [-0.05, 0) is 24.8 Å². The second-order valence-corrected chi connectivity index (χ2v) is 10.4. The molecule has 1 unspecified atom stereocenters. The highest BCUT2D eigenvalue weighted by Gasteiger charge is 2.61. The average Bonchev–Trinajstić information content (AvgIpc) is 3.29.